The zero-order chi connectivity index (χ0) is 13.8. The molecule has 3 rings (SSSR count). The monoisotopic (exact) mass is 272 g/mol. The minimum Gasteiger partial charge on any atom is -0.353 e. The number of aryl methyl sites for hydroxylation is 1. The van der Waals surface area contributed by atoms with Gasteiger partial charge in [-0.2, -0.15) is 0 Å². The van der Waals surface area contributed by atoms with Gasteiger partial charge in [-0.15, -0.1) is 0 Å². The van der Waals surface area contributed by atoms with Gasteiger partial charge in [-0.05, 0) is 44.1 Å². The smallest absolute Gasteiger partial charge is 0.220 e. The molecule has 3 nitrogen and oxygen atoms in total. The second-order valence-corrected chi connectivity index (χ2v) is 6.21. The highest BCUT2D eigenvalue weighted by atomic mass is 16.1. The molecule has 0 saturated carbocycles. The third-order valence-corrected chi connectivity index (χ3v) is 4.55. The molecule has 0 spiro atoms. The molecule has 1 aromatic carbocycles. The summed E-state index contributed by atoms with van der Waals surface area (Å²) in [6.45, 7) is 0. The van der Waals surface area contributed by atoms with E-state index in [0.717, 1.165) is 25.7 Å². The standard InChI is InChI=1S/C17H24N2O/c20-17(8-4-7-13-5-2-1-3-6-13)19-16-11-14-9-10-15(12-16)18-14/h1-3,5-6,14-16,18H,4,7-12H2,(H,19,20). The van der Waals surface area contributed by atoms with Crippen LogP contribution in [0.2, 0.25) is 0 Å². The van der Waals surface area contributed by atoms with E-state index >= 15 is 0 Å². The van der Waals surface area contributed by atoms with E-state index in [4.69, 9.17) is 0 Å². The van der Waals surface area contributed by atoms with Gasteiger partial charge in [0.1, 0.15) is 0 Å². The number of rotatable bonds is 5. The fraction of sp³-hybridized carbons (Fsp3) is 0.588. The van der Waals surface area contributed by atoms with Crippen LogP contribution in [0.4, 0.5) is 0 Å². The van der Waals surface area contributed by atoms with Crippen molar-refractivity contribution in [2.24, 2.45) is 0 Å². The molecule has 3 heteroatoms. The Balaban J connectivity index is 1.37. The number of amides is 1. The second-order valence-electron chi connectivity index (χ2n) is 6.21. The molecule has 2 fully saturated rings. The summed E-state index contributed by atoms with van der Waals surface area (Å²) in [5.74, 6) is 0.229. The second kappa shape index (κ2) is 6.40. The highest BCUT2D eigenvalue weighted by Gasteiger charge is 2.33. The number of carbonyl (C=O) groups is 1. The summed E-state index contributed by atoms with van der Waals surface area (Å²) in [6.07, 6.45) is 7.37. The Morgan fingerprint density at radius 1 is 1.15 bits per heavy atom. The van der Waals surface area contributed by atoms with E-state index in [0.29, 0.717) is 24.5 Å². The van der Waals surface area contributed by atoms with E-state index in [1.54, 1.807) is 0 Å². The van der Waals surface area contributed by atoms with Gasteiger partial charge in [-0.3, -0.25) is 4.79 Å². The summed E-state index contributed by atoms with van der Waals surface area (Å²) >= 11 is 0. The van der Waals surface area contributed by atoms with Crippen LogP contribution >= 0.6 is 0 Å². The molecular formula is C17H24N2O. The topological polar surface area (TPSA) is 41.1 Å². The van der Waals surface area contributed by atoms with Crippen molar-refractivity contribution in [2.45, 2.75) is 63.1 Å². The zero-order valence-corrected chi connectivity index (χ0v) is 12.0. The molecule has 108 valence electrons. The number of benzene rings is 1. The van der Waals surface area contributed by atoms with Crippen molar-refractivity contribution < 1.29 is 4.79 Å². The van der Waals surface area contributed by atoms with E-state index < -0.39 is 0 Å². The van der Waals surface area contributed by atoms with Gasteiger partial charge < -0.3 is 10.6 Å². The molecule has 2 bridgehead atoms. The first-order chi connectivity index (χ1) is 9.79. The van der Waals surface area contributed by atoms with Crippen molar-refractivity contribution in [3.05, 3.63) is 35.9 Å². The molecule has 2 unspecified atom stereocenters. The summed E-state index contributed by atoms with van der Waals surface area (Å²) in [4.78, 5) is 12.0. The number of fused-ring (bicyclic) bond motifs is 2. The van der Waals surface area contributed by atoms with Crippen LogP contribution in [0.1, 0.15) is 44.1 Å². The van der Waals surface area contributed by atoms with Crippen LogP contribution in [-0.4, -0.2) is 24.0 Å². The van der Waals surface area contributed by atoms with Gasteiger partial charge in [0, 0.05) is 24.5 Å². The number of hydrogen-bond donors (Lipinski definition) is 2. The van der Waals surface area contributed by atoms with E-state index in [2.05, 4.69) is 34.9 Å². The fourth-order valence-electron chi connectivity index (χ4n) is 3.57. The molecule has 20 heavy (non-hydrogen) atoms. The Bertz CT molecular complexity index is 434. The predicted octanol–water partition coefficient (Wildman–Crippen LogP) is 2.41. The Kier molecular flexibility index (Phi) is 4.36. The van der Waals surface area contributed by atoms with Crippen LogP contribution in [0.5, 0.6) is 0 Å². The van der Waals surface area contributed by atoms with Gasteiger partial charge >= 0.3 is 0 Å². The predicted molar refractivity (Wildman–Crippen MR) is 80.5 cm³/mol. The van der Waals surface area contributed by atoms with E-state index in [1.165, 1.54) is 18.4 Å². The first-order valence-corrected chi connectivity index (χ1v) is 7.89. The number of piperidine rings is 1. The molecule has 1 aromatic rings. The van der Waals surface area contributed by atoms with Crippen LogP contribution in [0.3, 0.4) is 0 Å². The van der Waals surface area contributed by atoms with Gasteiger partial charge in [0.2, 0.25) is 5.91 Å². The third-order valence-electron chi connectivity index (χ3n) is 4.55. The lowest BCUT2D eigenvalue weighted by atomic mass is 9.99. The van der Waals surface area contributed by atoms with Crippen LogP contribution < -0.4 is 10.6 Å². The van der Waals surface area contributed by atoms with Crippen LogP contribution in [0.25, 0.3) is 0 Å². The average molecular weight is 272 g/mol. The van der Waals surface area contributed by atoms with E-state index in [1.807, 2.05) is 6.07 Å². The van der Waals surface area contributed by atoms with E-state index in [9.17, 15) is 4.79 Å². The lowest BCUT2D eigenvalue weighted by Gasteiger charge is -2.29. The molecule has 0 aliphatic carbocycles. The quantitative estimate of drug-likeness (QED) is 0.864. The minimum absolute atomic E-state index is 0.229. The molecular weight excluding hydrogens is 248 g/mol. The molecule has 2 aliphatic rings. The number of nitrogens with one attached hydrogen (secondary N) is 2. The highest BCUT2D eigenvalue weighted by molar-refractivity contribution is 5.76. The first kappa shape index (κ1) is 13.6. The molecule has 2 N–H and O–H groups in total. The molecule has 2 heterocycles. The van der Waals surface area contributed by atoms with Crippen LogP contribution in [0.15, 0.2) is 30.3 Å². The largest absolute Gasteiger partial charge is 0.353 e. The van der Waals surface area contributed by atoms with Crippen molar-refractivity contribution in [2.75, 3.05) is 0 Å². The normalized spacial score (nSPS) is 28.3. The number of carbonyl (C=O) groups excluding carboxylic acids is 1. The maximum atomic E-state index is 12.0. The Labute approximate surface area is 121 Å². The summed E-state index contributed by atoms with van der Waals surface area (Å²) in [5, 5.41) is 6.83. The van der Waals surface area contributed by atoms with E-state index in [-0.39, 0.29) is 5.91 Å². The highest BCUT2D eigenvalue weighted by Crippen LogP contribution is 2.26. The van der Waals surface area contributed by atoms with Crippen LogP contribution in [-0.2, 0) is 11.2 Å². The third kappa shape index (κ3) is 3.60. The van der Waals surface area contributed by atoms with Crippen molar-refractivity contribution >= 4 is 5.91 Å². The molecule has 0 radical (unpaired) electrons. The maximum Gasteiger partial charge on any atom is 0.220 e. The molecule has 0 aromatic heterocycles. The first-order valence-electron chi connectivity index (χ1n) is 7.89. The maximum absolute atomic E-state index is 12.0. The molecule has 2 atom stereocenters. The summed E-state index contributed by atoms with van der Waals surface area (Å²) in [7, 11) is 0. The Morgan fingerprint density at radius 2 is 1.85 bits per heavy atom. The zero-order valence-electron chi connectivity index (χ0n) is 12.0. The summed E-state index contributed by atoms with van der Waals surface area (Å²) in [6, 6.07) is 12.1. The molecule has 2 saturated heterocycles. The van der Waals surface area contributed by atoms with Crippen molar-refractivity contribution in [1.82, 2.24) is 10.6 Å². The van der Waals surface area contributed by atoms with Gasteiger partial charge in [0.25, 0.3) is 0 Å². The summed E-state index contributed by atoms with van der Waals surface area (Å²) < 4.78 is 0. The SMILES string of the molecule is O=C(CCCc1ccccc1)NC1CC2CCC(C1)N2. The summed E-state index contributed by atoms with van der Waals surface area (Å²) in [5.41, 5.74) is 1.32. The van der Waals surface area contributed by atoms with Crippen molar-refractivity contribution in [1.29, 1.82) is 0 Å². The van der Waals surface area contributed by atoms with Crippen molar-refractivity contribution in [3.8, 4) is 0 Å². The average Bonchev–Trinajstić information content (AvgIpc) is 2.79. The van der Waals surface area contributed by atoms with Gasteiger partial charge in [-0.1, -0.05) is 30.3 Å². The molecule has 1 amide bonds. The Hall–Kier alpha value is -1.35. The van der Waals surface area contributed by atoms with Crippen LogP contribution in [0, 0.1) is 0 Å². The number of hydrogen-bond acceptors (Lipinski definition) is 2. The van der Waals surface area contributed by atoms with Gasteiger partial charge in [0.15, 0.2) is 0 Å². The van der Waals surface area contributed by atoms with Gasteiger partial charge in [0.05, 0.1) is 0 Å². The lowest BCUT2D eigenvalue weighted by Crippen LogP contribution is -2.48. The minimum atomic E-state index is 0.229. The van der Waals surface area contributed by atoms with Gasteiger partial charge in [-0.25, -0.2) is 0 Å². The Morgan fingerprint density at radius 3 is 2.55 bits per heavy atom. The van der Waals surface area contributed by atoms with Crippen molar-refractivity contribution in [3.63, 3.8) is 0 Å². The fourth-order valence-corrected chi connectivity index (χ4v) is 3.57. The lowest BCUT2D eigenvalue weighted by molar-refractivity contribution is -0.122. The molecule has 2 aliphatic heterocycles.